The van der Waals surface area contributed by atoms with Gasteiger partial charge in [0.05, 0.1) is 23.6 Å². The van der Waals surface area contributed by atoms with Gasteiger partial charge < -0.3 is 25.0 Å². The van der Waals surface area contributed by atoms with E-state index in [1.165, 1.54) is 6.07 Å². The van der Waals surface area contributed by atoms with Crippen molar-refractivity contribution in [3.8, 4) is 0 Å². The highest BCUT2D eigenvalue weighted by atomic mass is 16.6. The fourth-order valence-electron chi connectivity index (χ4n) is 2.57. The quantitative estimate of drug-likeness (QED) is 0.565. The molecule has 1 aliphatic heterocycles. The summed E-state index contributed by atoms with van der Waals surface area (Å²) < 4.78 is 5.39. The van der Waals surface area contributed by atoms with Gasteiger partial charge in [-0.3, -0.25) is 4.79 Å². The van der Waals surface area contributed by atoms with E-state index in [9.17, 15) is 15.0 Å². The lowest BCUT2D eigenvalue weighted by Crippen LogP contribution is -2.33. The van der Waals surface area contributed by atoms with Gasteiger partial charge >= 0.3 is 0 Å². The zero-order valence-corrected chi connectivity index (χ0v) is 12.1. The van der Waals surface area contributed by atoms with Gasteiger partial charge in [0.1, 0.15) is 29.9 Å². The predicted octanol–water partition coefficient (Wildman–Crippen LogP) is -0.911. The third-order valence-corrected chi connectivity index (χ3v) is 3.97. The lowest BCUT2D eigenvalue weighted by atomic mass is 10.0. The molecular weight excluding hydrogens is 290 g/mol. The first kappa shape index (κ1) is 15.0. The molecule has 4 N–H and O–H groups in total. The SMILES string of the molecule is Cc1nc2cc([C@@H]3O[C@H](CO)C(O)C3O)c(=O)[nH]c2nc1C. The van der Waals surface area contributed by atoms with Crippen molar-refractivity contribution in [3.63, 3.8) is 0 Å². The summed E-state index contributed by atoms with van der Waals surface area (Å²) in [5.74, 6) is 0. The molecular formula is C14H17N3O5. The van der Waals surface area contributed by atoms with E-state index in [0.717, 1.165) is 5.69 Å². The second kappa shape index (κ2) is 5.40. The van der Waals surface area contributed by atoms with Crippen molar-refractivity contribution in [2.75, 3.05) is 6.61 Å². The number of hydrogen-bond donors (Lipinski definition) is 4. The summed E-state index contributed by atoms with van der Waals surface area (Å²) in [7, 11) is 0. The van der Waals surface area contributed by atoms with Gasteiger partial charge in [0.25, 0.3) is 5.56 Å². The van der Waals surface area contributed by atoms with Gasteiger partial charge in [-0.2, -0.15) is 0 Å². The van der Waals surface area contributed by atoms with E-state index < -0.39 is 36.6 Å². The summed E-state index contributed by atoms with van der Waals surface area (Å²) in [5, 5.41) is 29.0. The minimum Gasteiger partial charge on any atom is -0.394 e. The van der Waals surface area contributed by atoms with Crippen LogP contribution in [0.25, 0.3) is 11.2 Å². The second-order valence-corrected chi connectivity index (χ2v) is 5.44. The standard InChI is InChI=1S/C14H17N3O5/c1-5-6(2)16-13-8(15-5)3-7(14(21)17-13)12-11(20)10(19)9(4-18)22-12/h3,9-12,18-20H,4H2,1-2H3,(H,16,17,21)/t9-,10?,11?,12+/m1/s1. The Morgan fingerprint density at radius 3 is 2.55 bits per heavy atom. The van der Waals surface area contributed by atoms with E-state index in [4.69, 9.17) is 9.84 Å². The van der Waals surface area contributed by atoms with Crippen LogP contribution in [-0.2, 0) is 4.74 Å². The largest absolute Gasteiger partial charge is 0.394 e. The van der Waals surface area contributed by atoms with Crippen LogP contribution < -0.4 is 5.56 Å². The summed E-state index contributed by atoms with van der Waals surface area (Å²) in [6.45, 7) is 3.15. The van der Waals surface area contributed by atoms with Crippen molar-refractivity contribution < 1.29 is 20.1 Å². The first-order chi connectivity index (χ1) is 10.4. The van der Waals surface area contributed by atoms with Crippen LogP contribution in [-0.4, -0.2) is 55.2 Å². The minimum absolute atomic E-state index is 0.146. The maximum Gasteiger partial charge on any atom is 0.255 e. The molecule has 8 heteroatoms. The van der Waals surface area contributed by atoms with Crippen LogP contribution in [0.2, 0.25) is 0 Å². The molecule has 0 amide bonds. The Balaban J connectivity index is 2.10. The number of aromatic amines is 1. The molecule has 3 heterocycles. The lowest BCUT2D eigenvalue weighted by Gasteiger charge is -2.14. The van der Waals surface area contributed by atoms with Crippen LogP contribution in [0.3, 0.4) is 0 Å². The summed E-state index contributed by atoms with van der Waals surface area (Å²) in [6, 6.07) is 1.49. The first-order valence-corrected chi connectivity index (χ1v) is 6.93. The minimum atomic E-state index is -1.30. The molecule has 0 radical (unpaired) electrons. The van der Waals surface area contributed by atoms with Crippen LogP contribution in [0.1, 0.15) is 23.1 Å². The monoisotopic (exact) mass is 307 g/mol. The van der Waals surface area contributed by atoms with Crippen LogP contribution in [0.15, 0.2) is 10.9 Å². The highest BCUT2D eigenvalue weighted by Gasteiger charge is 2.44. The van der Waals surface area contributed by atoms with Crippen LogP contribution in [0, 0.1) is 13.8 Å². The average Bonchev–Trinajstić information content (AvgIpc) is 2.76. The van der Waals surface area contributed by atoms with Crippen LogP contribution >= 0.6 is 0 Å². The zero-order chi connectivity index (χ0) is 16.0. The number of rotatable bonds is 2. The Kier molecular flexibility index (Phi) is 3.69. The molecule has 8 nitrogen and oxygen atoms in total. The third-order valence-electron chi connectivity index (χ3n) is 3.97. The fourth-order valence-corrected chi connectivity index (χ4v) is 2.57. The number of nitrogens with zero attached hydrogens (tertiary/aromatic N) is 2. The molecule has 2 unspecified atom stereocenters. The summed E-state index contributed by atoms with van der Waals surface area (Å²) in [6.07, 6.45) is -4.50. The van der Waals surface area contributed by atoms with Crippen molar-refractivity contribution in [2.24, 2.45) is 0 Å². The number of nitrogens with one attached hydrogen (secondary N) is 1. The Morgan fingerprint density at radius 2 is 1.91 bits per heavy atom. The molecule has 0 aliphatic carbocycles. The van der Waals surface area contributed by atoms with Gasteiger partial charge in [-0.15, -0.1) is 0 Å². The van der Waals surface area contributed by atoms with E-state index in [1.807, 2.05) is 0 Å². The zero-order valence-electron chi connectivity index (χ0n) is 12.1. The van der Waals surface area contributed by atoms with E-state index in [2.05, 4.69) is 15.0 Å². The van der Waals surface area contributed by atoms with Gasteiger partial charge in [-0.25, -0.2) is 9.97 Å². The first-order valence-electron chi connectivity index (χ1n) is 6.93. The van der Waals surface area contributed by atoms with Crippen molar-refractivity contribution in [3.05, 3.63) is 33.4 Å². The Labute approximate surface area is 125 Å². The number of ether oxygens (including phenoxy) is 1. The Morgan fingerprint density at radius 1 is 1.23 bits per heavy atom. The van der Waals surface area contributed by atoms with Gasteiger partial charge in [0, 0.05) is 0 Å². The normalized spacial score (nSPS) is 28.4. The van der Waals surface area contributed by atoms with Gasteiger partial charge in [-0.1, -0.05) is 0 Å². The van der Waals surface area contributed by atoms with E-state index >= 15 is 0 Å². The summed E-state index contributed by atoms with van der Waals surface area (Å²) in [4.78, 5) is 23.4. The molecule has 0 saturated carbocycles. The highest BCUT2D eigenvalue weighted by Crippen LogP contribution is 2.32. The fraction of sp³-hybridized carbons (Fsp3) is 0.500. The number of aliphatic hydroxyl groups is 3. The molecule has 118 valence electrons. The van der Waals surface area contributed by atoms with Gasteiger partial charge in [-0.05, 0) is 19.9 Å². The summed E-state index contributed by atoms with van der Waals surface area (Å²) >= 11 is 0. The topological polar surface area (TPSA) is 129 Å². The van der Waals surface area contributed by atoms with Gasteiger partial charge in [0.15, 0.2) is 5.65 Å². The molecule has 3 rings (SSSR count). The number of aliphatic hydroxyl groups excluding tert-OH is 3. The predicted molar refractivity (Wildman–Crippen MR) is 76.3 cm³/mol. The van der Waals surface area contributed by atoms with Gasteiger partial charge in [0.2, 0.25) is 0 Å². The van der Waals surface area contributed by atoms with E-state index in [1.54, 1.807) is 13.8 Å². The molecule has 4 atom stereocenters. The van der Waals surface area contributed by atoms with Crippen molar-refractivity contribution in [2.45, 2.75) is 38.3 Å². The highest BCUT2D eigenvalue weighted by molar-refractivity contribution is 5.70. The maximum absolute atomic E-state index is 12.2. The number of pyridine rings is 1. The lowest BCUT2D eigenvalue weighted by molar-refractivity contribution is -0.0231. The van der Waals surface area contributed by atoms with Crippen LogP contribution in [0.4, 0.5) is 0 Å². The molecule has 2 aromatic heterocycles. The number of fused-ring (bicyclic) bond motifs is 1. The maximum atomic E-state index is 12.2. The van der Waals surface area contributed by atoms with E-state index in [0.29, 0.717) is 16.9 Å². The molecule has 0 aromatic carbocycles. The Bertz CT molecular complexity index is 775. The number of hydrogen-bond acceptors (Lipinski definition) is 7. The molecule has 0 spiro atoms. The number of H-pyrrole nitrogens is 1. The second-order valence-electron chi connectivity index (χ2n) is 5.44. The van der Waals surface area contributed by atoms with Crippen LogP contribution in [0.5, 0.6) is 0 Å². The summed E-state index contributed by atoms with van der Waals surface area (Å²) in [5.41, 5.74) is 1.93. The van der Waals surface area contributed by atoms with Crippen molar-refractivity contribution in [1.29, 1.82) is 0 Å². The molecule has 1 fully saturated rings. The average molecular weight is 307 g/mol. The third kappa shape index (κ3) is 2.30. The van der Waals surface area contributed by atoms with Crippen molar-refractivity contribution >= 4 is 11.2 Å². The number of aromatic nitrogens is 3. The smallest absolute Gasteiger partial charge is 0.255 e. The Hall–Kier alpha value is -1.87. The molecule has 0 bridgehead atoms. The molecule has 2 aromatic rings. The molecule has 1 saturated heterocycles. The molecule has 1 aliphatic rings. The van der Waals surface area contributed by atoms with Crippen molar-refractivity contribution in [1.82, 2.24) is 15.0 Å². The molecule has 22 heavy (non-hydrogen) atoms. The number of aryl methyl sites for hydroxylation is 2. The van der Waals surface area contributed by atoms with E-state index in [-0.39, 0.29) is 5.56 Å².